The second-order valence-corrected chi connectivity index (χ2v) is 4.44. The SMILES string of the molecule is NCC(=O)NCc1cn(-c2ccc([N+](=O)[O-])c(Cl)c2)nn1. The standard InChI is InChI=1S/C11H11ClN6O3/c12-9-3-8(1-2-10(9)18(20)21)17-6-7(15-16-17)5-14-11(19)4-13/h1-3,6H,4-5,13H2,(H,14,19). The molecule has 0 saturated carbocycles. The molecule has 0 fully saturated rings. The van der Waals surface area contributed by atoms with E-state index in [0.717, 1.165) is 0 Å². The van der Waals surface area contributed by atoms with Crippen molar-refractivity contribution in [1.29, 1.82) is 0 Å². The Morgan fingerprint density at radius 1 is 1.52 bits per heavy atom. The lowest BCUT2D eigenvalue weighted by Gasteiger charge is -2.01. The summed E-state index contributed by atoms with van der Waals surface area (Å²) in [6.07, 6.45) is 1.58. The van der Waals surface area contributed by atoms with Crippen molar-refractivity contribution in [3.8, 4) is 5.69 Å². The number of hydrogen-bond acceptors (Lipinski definition) is 6. The highest BCUT2D eigenvalue weighted by Gasteiger charge is 2.13. The number of nitro benzene ring substituents is 1. The van der Waals surface area contributed by atoms with Crippen LogP contribution in [0.15, 0.2) is 24.4 Å². The Hall–Kier alpha value is -2.52. The van der Waals surface area contributed by atoms with Gasteiger partial charge >= 0.3 is 0 Å². The van der Waals surface area contributed by atoms with Gasteiger partial charge in [-0.2, -0.15) is 0 Å². The lowest BCUT2D eigenvalue weighted by Crippen LogP contribution is -2.29. The van der Waals surface area contributed by atoms with Crippen LogP contribution in [-0.4, -0.2) is 32.4 Å². The number of benzene rings is 1. The van der Waals surface area contributed by atoms with E-state index in [1.165, 1.54) is 22.9 Å². The average molecular weight is 311 g/mol. The first-order chi connectivity index (χ1) is 10.0. The molecule has 1 heterocycles. The topological polar surface area (TPSA) is 129 Å². The zero-order valence-electron chi connectivity index (χ0n) is 10.7. The third kappa shape index (κ3) is 3.52. The summed E-state index contributed by atoms with van der Waals surface area (Å²) in [5, 5.41) is 21.0. The van der Waals surface area contributed by atoms with E-state index < -0.39 is 4.92 Å². The first-order valence-corrected chi connectivity index (χ1v) is 6.21. The number of carbonyl (C=O) groups is 1. The minimum absolute atomic E-state index is 0.00554. The smallest absolute Gasteiger partial charge is 0.288 e. The second-order valence-electron chi connectivity index (χ2n) is 4.03. The van der Waals surface area contributed by atoms with Gasteiger partial charge in [0.2, 0.25) is 5.91 Å². The van der Waals surface area contributed by atoms with E-state index >= 15 is 0 Å². The molecule has 1 aromatic carbocycles. The van der Waals surface area contributed by atoms with Crippen LogP contribution in [0.25, 0.3) is 5.69 Å². The molecule has 3 N–H and O–H groups in total. The van der Waals surface area contributed by atoms with E-state index in [-0.39, 0.29) is 29.7 Å². The molecule has 0 bridgehead atoms. The van der Waals surface area contributed by atoms with Gasteiger partial charge < -0.3 is 11.1 Å². The van der Waals surface area contributed by atoms with Gasteiger partial charge in [0, 0.05) is 6.07 Å². The molecule has 0 atom stereocenters. The Morgan fingerprint density at radius 2 is 2.29 bits per heavy atom. The monoisotopic (exact) mass is 310 g/mol. The van der Waals surface area contributed by atoms with Crippen LogP contribution in [0.5, 0.6) is 0 Å². The molecule has 0 aliphatic rings. The number of nitrogens with two attached hydrogens (primary N) is 1. The van der Waals surface area contributed by atoms with Crippen molar-refractivity contribution in [3.05, 3.63) is 45.2 Å². The van der Waals surface area contributed by atoms with Crippen LogP contribution in [0.3, 0.4) is 0 Å². The molecule has 10 heteroatoms. The van der Waals surface area contributed by atoms with Gasteiger partial charge in [0.25, 0.3) is 5.69 Å². The number of halogens is 1. The fraction of sp³-hybridized carbons (Fsp3) is 0.182. The highest BCUT2D eigenvalue weighted by Crippen LogP contribution is 2.26. The van der Waals surface area contributed by atoms with Gasteiger partial charge in [-0.05, 0) is 12.1 Å². The predicted octanol–water partition coefficient (Wildman–Crippen LogP) is 0.404. The lowest BCUT2D eigenvalue weighted by atomic mass is 10.3. The molecule has 2 aromatic rings. The van der Waals surface area contributed by atoms with Gasteiger partial charge in [0.1, 0.15) is 10.7 Å². The molecule has 0 saturated heterocycles. The normalized spacial score (nSPS) is 10.4. The first kappa shape index (κ1) is 14.9. The van der Waals surface area contributed by atoms with Crippen molar-refractivity contribution in [2.75, 3.05) is 6.54 Å². The summed E-state index contributed by atoms with van der Waals surface area (Å²) in [6.45, 7) is 0.0862. The molecule has 1 aromatic heterocycles. The van der Waals surface area contributed by atoms with Gasteiger partial charge in [0.15, 0.2) is 0 Å². The number of carbonyl (C=O) groups excluding carboxylic acids is 1. The zero-order valence-corrected chi connectivity index (χ0v) is 11.4. The van der Waals surface area contributed by atoms with Crippen molar-refractivity contribution < 1.29 is 9.72 Å². The highest BCUT2D eigenvalue weighted by atomic mass is 35.5. The number of nitrogens with zero attached hydrogens (tertiary/aromatic N) is 4. The summed E-state index contributed by atoms with van der Waals surface area (Å²) in [5.41, 5.74) is 6.02. The van der Waals surface area contributed by atoms with Gasteiger partial charge in [-0.1, -0.05) is 16.8 Å². The Morgan fingerprint density at radius 3 is 2.90 bits per heavy atom. The molecule has 0 unspecified atom stereocenters. The predicted molar refractivity (Wildman–Crippen MR) is 73.9 cm³/mol. The molecule has 0 radical (unpaired) electrons. The van der Waals surface area contributed by atoms with Crippen LogP contribution >= 0.6 is 11.6 Å². The van der Waals surface area contributed by atoms with Gasteiger partial charge in [-0.25, -0.2) is 4.68 Å². The van der Waals surface area contributed by atoms with Gasteiger partial charge in [0.05, 0.1) is 29.9 Å². The highest BCUT2D eigenvalue weighted by molar-refractivity contribution is 6.32. The Bertz CT molecular complexity index is 686. The third-order valence-electron chi connectivity index (χ3n) is 2.59. The molecule has 0 spiro atoms. The molecule has 21 heavy (non-hydrogen) atoms. The van der Waals surface area contributed by atoms with Crippen LogP contribution in [0.2, 0.25) is 5.02 Å². The quantitative estimate of drug-likeness (QED) is 0.607. The summed E-state index contributed by atoms with van der Waals surface area (Å²) in [6, 6.07) is 4.20. The number of amides is 1. The number of hydrogen-bond donors (Lipinski definition) is 2. The maximum Gasteiger partial charge on any atom is 0.288 e. The van der Waals surface area contributed by atoms with Crippen LogP contribution in [0.1, 0.15) is 5.69 Å². The summed E-state index contributed by atoms with van der Waals surface area (Å²) in [5.74, 6) is -0.303. The van der Waals surface area contributed by atoms with Crippen LogP contribution in [0, 0.1) is 10.1 Å². The van der Waals surface area contributed by atoms with Gasteiger partial charge in [-0.15, -0.1) is 5.10 Å². The number of rotatable bonds is 5. The fourth-order valence-electron chi connectivity index (χ4n) is 1.55. The lowest BCUT2D eigenvalue weighted by molar-refractivity contribution is -0.384. The van der Waals surface area contributed by atoms with Crippen molar-refractivity contribution in [2.24, 2.45) is 5.73 Å². The van der Waals surface area contributed by atoms with Crippen LogP contribution in [0.4, 0.5) is 5.69 Å². The van der Waals surface area contributed by atoms with E-state index in [9.17, 15) is 14.9 Å². The Labute approximate surface area is 123 Å². The molecule has 0 aliphatic carbocycles. The Kier molecular flexibility index (Phi) is 4.45. The third-order valence-corrected chi connectivity index (χ3v) is 2.89. The maximum absolute atomic E-state index is 11.0. The molecular weight excluding hydrogens is 300 g/mol. The van der Waals surface area contributed by atoms with E-state index in [2.05, 4.69) is 15.6 Å². The first-order valence-electron chi connectivity index (χ1n) is 5.83. The fourth-order valence-corrected chi connectivity index (χ4v) is 1.80. The molecular formula is C11H11ClN6O3. The number of aromatic nitrogens is 3. The van der Waals surface area contributed by atoms with Crippen molar-refractivity contribution in [3.63, 3.8) is 0 Å². The zero-order chi connectivity index (χ0) is 15.4. The summed E-state index contributed by atoms with van der Waals surface area (Å²) >= 11 is 5.83. The number of nitro groups is 1. The molecule has 0 aliphatic heterocycles. The maximum atomic E-state index is 11.0. The van der Waals surface area contributed by atoms with Crippen molar-refractivity contribution >= 4 is 23.2 Å². The van der Waals surface area contributed by atoms with Crippen LogP contribution in [-0.2, 0) is 11.3 Å². The van der Waals surface area contributed by atoms with Gasteiger partial charge in [-0.3, -0.25) is 14.9 Å². The van der Waals surface area contributed by atoms with Crippen LogP contribution < -0.4 is 11.1 Å². The molecule has 1 amide bonds. The summed E-state index contributed by atoms with van der Waals surface area (Å²) < 4.78 is 1.40. The molecule has 9 nitrogen and oxygen atoms in total. The molecule has 2 rings (SSSR count). The minimum atomic E-state index is -0.568. The minimum Gasteiger partial charge on any atom is -0.349 e. The summed E-state index contributed by atoms with van der Waals surface area (Å²) in [4.78, 5) is 21.2. The van der Waals surface area contributed by atoms with E-state index in [0.29, 0.717) is 11.4 Å². The average Bonchev–Trinajstić information content (AvgIpc) is 2.93. The summed E-state index contributed by atoms with van der Waals surface area (Å²) in [7, 11) is 0. The second kappa shape index (κ2) is 6.29. The van der Waals surface area contributed by atoms with Crippen molar-refractivity contribution in [2.45, 2.75) is 6.54 Å². The number of nitrogens with one attached hydrogen (secondary N) is 1. The largest absolute Gasteiger partial charge is 0.349 e. The van der Waals surface area contributed by atoms with E-state index in [1.54, 1.807) is 6.20 Å². The van der Waals surface area contributed by atoms with E-state index in [4.69, 9.17) is 17.3 Å². The van der Waals surface area contributed by atoms with Crippen molar-refractivity contribution in [1.82, 2.24) is 20.3 Å². The Balaban J connectivity index is 2.16. The van der Waals surface area contributed by atoms with E-state index in [1.807, 2.05) is 0 Å². The molecule has 110 valence electrons.